The molecule has 148 valence electrons. The Hall–Kier alpha value is -2.42. The van der Waals surface area contributed by atoms with Crippen LogP contribution in [-0.2, 0) is 11.2 Å². The highest BCUT2D eigenvalue weighted by Gasteiger charge is 2.13. The van der Waals surface area contributed by atoms with Gasteiger partial charge in [-0.15, -0.1) is 22.0 Å². The molecular formula is C20H18ClN5OS2. The molecule has 1 N–H and O–H groups in total. The van der Waals surface area contributed by atoms with Gasteiger partial charge in [0.05, 0.1) is 5.75 Å². The summed E-state index contributed by atoms with van der Waals surface area (Å²) in [7, 11) is 0. The molecule has 4 rings (SSSR count). The molecule has 1 amide bonds. The molecule has 0 saturated carbocycles. The number of aryl methyl sites for hydroxylation is 1. The van der Waals surface area contributed by atoms with Crippen LogP contribution in [0.1, 0.15) is 19.2 Å². The standard InChI is InChI=1S/C20H18ClN5OS2/c1-2-4-17-23-24-20-26(17)25-19(29-20)13-5-3-6-15(11-13)22-18(27)12-28-16-9-7-14(21)8-10-16/h3,5-11H,2,4,12H2,1H3,(H,22,27). The number of nitrogens with one attached hydrogen (secondary N) is 1. The second kappa shape index (κ2) is 8.94. The Morgan fingerprint density at radius 3 is 2.83 bits per heavy atom. The van der Waals surface area contributed by atoms with Crippen molar-refractivity contribution in [3.05, 3.63) is 59.4 Å². The molecular weight excluding hydrogens is 426 g/mol. The fraction of sp³-hybridized carbons (Fsp3) is 0.200. The summed E-state index contributed by atoms with van der Waals surface area (Å²) in [4.78, 5) is 14.1. The van der Waals surface area contributed by atoms with E-state index in [1.54, 1.807) is 4.52 Å². The van der Waals surface area contributed by atoms with Crippen molar-refractivity contribution in [3.8, 4) is 10.6 Å². The van der Waals surface area contributed by atoms with Crippen molar-refractivity contribution in [1.82, 2.24) is 19.8 Å². The number of carbonyl (C=O) groups is 1. The minimum Gasteiger partial charge on any atom is -0.325 e. The molecule has 0 fully saturated rings. The second-order valence-corrected chi connectivity index (χ2v) is 8.78. The minimum atomic E-state index is -0.0644. The zero-order chi connectivity index (χ0) is 20.2. The summed E-state index contributed by atoms with van der Waals surface area (Å²) in [5.74, 6) is 1.13. The van der Waals surface area contributed by atoms with Crippen molar-refractivity contribution in [1.29, 1.82) is 0 Å². The maximum atomic E-state index is 12.3. The Labute approximate surface area is 181 Å². The third kappa shape index (κ3) is 4.77. The Bertz CT molecular complexity index is 1140. The second-order valence-electron chi connectivity index (χ2n) is 6.34. The number of benzene rings is 2. The molecule has 0 bridgehead atoms. The number of nitrogens with zero attached hydrogens (tertiary/aromatic N) is 4. The Morgan fingerprint density at radius 1 is 1.21 bits per heavy atom. The molecule has 9 heteroatoms. The Kier molecular flexibility index (Phi) is 6.13. The van der Waals surface area contributed by atoms with E-state index in [0.717, 1.165) is 44.8 Å². The molecule has 6 nitrogen and oxygen atoms in total. The van der Waals surface area contributed by atoms with Crippen molar-refractivity contribution < 1.29 is 4.79 Å². The molecule has 0 saturated heterocycles. The third-order valence-corrected chi connectivity index (χ3v) is 6.32. The summed E-state index contributed by atoms with van der Waals surface area (Å²) in [6.07, 6.45) is 1.83. The van der Waals surface area contributed by atoms with Crippen molar-refractivity contribution in [3.63, 3.8) is 0 Å². The number of hydrogen-bond donors (Lipinski definition) is 1. The van der Waals surface area contributed by atoms with Crippen LogP contribution in [0.2, 0.25) is 5.02 Å². The van der Waals surface area contributed by atoms with Crippen molar-refractivity contribution in [2.45, 2.75) is 24.7 Å². The lowest BCUT2D eigenvalue weighted by Gasteiger charge is -2.06. The molecule has 0 aliphatic rings. The number of anilines is 1. The SMILES string of the molecule is CCCc1nnc2sc(-c3cccc(NC(=O)CSc4ccc(Cl)cc4)c3)nn12. The largest absolute Gasteiger partial charge is 0.325 e. The van der Waals surface area contributed by atoms with Gasteiger partial charge in [0.2, 0.25) is 10.9 Å². The molecule has 0 unspecified atom stereocenters. The lowest BCUT2D eigenvalue weighted by atomic mass is 10.2. The van der Waals surface area contributed by atoms with E-state index in [-0.39, 0.29) is 5.91 Å². The van der Waals surface area contributed by atoms with Crippen LogP contribution in [0.3, 0.4) is 0 Å². The van der Waals surface area contributed by atoms with Crippen LogP contribution >= 0.6 is 34.7 Å². The minimum absolute atomic E-state index is 0.0644. The summed E-state index contributed by atoms with van der Waals surface area (Å²) >= 11 is 8.84. The van der Waals surface area contributed by atoms with Gasteiger partial charge in [0.25, 0.3) is 0 Å². The van der Waals surface area contributed by atoms with Gasteiger partial charge >= 0.3 is 0 Å². The van der Waals surface area contributed by atoms with Crippen molar-refractivity contribution in [2.24, 2.45) is 0 Å². The number of carbonyl (C=O) groups excluding carboxylic acids is 1. The van der Waals surface area contributed by atoms with Gasteiger partial charge in [-0.25, -0.2) is 0 Å². The quantitative estimate of drug-likeness (QED) is 0.398. The number of rotatable bonds is 7. The average Bonchev–Trinajstić information content (AvgIpc) is 3.30. The van der Waals surface area contributed by atoms with Gasteiger partial charge in [0, 0.05) is 27.6 Å². The summed E-state index contributed by atoms with van der Waals surface area (Å²) in [5, 5.41) is 17.5. The first-order valence-corrected chi connectivity index (χ1v) is 11.3. The van der Waals surface area contributed by atoms with Gasteiger partial charge in [-0.3, -0.25) is 4.79 Å². The van der Waals surface area contributed by atoms with Gasteiger partial charge in [-0.1, -0.05) is 42.0 Å². The van der Waals surface area contributed by atoms with Crippen molar-refractivity contribution >= 4 is 51.3 Å². The molecule has 0 spiro atoms. The lowest BCUT2D eigenvalue weighted by Crippen LogP contribution is -2.13. The van der Waals surface area contributed by atoms with Crippen LogP contribution in [0.15, 0.2) is 53.4 Å². The van der Waals surface area contributed by atoms with Crippen LogP contribution in [-0.4, -0.2) is 31.5 Å². The highest BCUT2D eigenvalue weighted by Crippen LogP contribution is 2.28. The number of hydrogen-bond acceptors (Lipinski definition) is 6. The first-order chi connectivity index (χ1) is 14.1. The topological polar surface area (TPSA) is 72.2 Å². The smallest absolute Gasteiger partial charge is 0.234 e. The maximum Gasteiger partial charge on any atom is 0.234 e. The van der Waals surface area contributed by atoms with Gasteiger partial charge < -0.3 is 5.32 Å². The molecule has 0 atom stereocenters. The Balaban J connectivity index is 1.44. The molecule has 0 radical (unpaired) electrons. The van der Waals surface area contributed by atoms with Crippen LogP contribution in [0.5, 0.6) is 0 Å². The molecule has 2 aromatic heterocycles. The molecule has 29 heavy (non-hydrogen) atoms. The predicted octanol–water partition coefficient (Wildman–Crippen LogP) is 5.19. The number of thioether (sulfide) groups is 1. The predicted molar refractivity (Wildman–Crippen MR) is 119 cm³/mol. The zero-order valence-corrected chi connectivity index (χ0v) is 18.0. The van der Waals surface area contributed by atoms with E-state index in [2.05, 4.69) is 27.5 Å². The van der Waals surface area contributed by atoms with Gasteiger partial charge in [0.1, 0.15) is 5.01 Å². The van der Waals surface area contributed by atoms with E-state index in [1.807, 2.05) is 48.5 Å². The van der Waals surface area contributed by atoms with Crippen molar-refractivity contribution in [2.75, 3.05) is 11.1 Å². The van der Waals surface area contributed by atoms with E-state index in [4.69, 9.17) is 11.6 Å². The molecule has 4 aromatic rings. The summed E-state index contributed by atoms with van der Waals surface area (Å²) < 4.78 is 1.80. The summed E-state index contributed by atoms with van der Waals surface area (Å²) in [6.45, 7) is 2.10. The van der Waals surface area contributed by atoms with E-state index < -0.39 is 0 Å². The average molecular weight is 444 g/mol. The Morgan fingerprint density at radius 2 is 2.03 bits per heavy atom. The van der Waals surface area contributed by atoms with Crippen LogP contribution in [0.4, 0.5) is 5.69 Å². The van der Waals surface area contributed by atoms with Crippen LogP contribution in [0.25, 0.3) is 15.5 Å². The van der Waals surface area contributed by atoms with Crippen LogP contribution in [0, 0.1) is 0 Å². The molecule has 2 heterocycles. The fourth-order valence-electron chi connectivity index (χ4n) is 2.76. The molecule has 0 aliphatic carbocycles. The number of aromatic nitrogens is 4. The summed E-state index contributed by atoms with van der Waals surface area (Å²) in [5.41, 5.74) is 1.68. The monoisotopic (exact) mass is 443 g/mol. The van der Waals surface area contributed by atoms with E-state index in [9.17, 15) is 4.79 Å². The maximum absolute atomic E-state index is 12.3. The number of amides is 1. The van der Waals surface area contributed by atoms with Crippen LogP contribution < -0.4 is 5.32 Å². The van der Waals surface area contributed by atoms with E-state index >= 15 is 0 Å². The first kappa shape index (κ1) is 19.9. The highest BCUT2D eigenvalue weighted by molar-refractivity contribution is 8.00. The highest BCUT2D eigenvalue weighted by atomic mass is 35.5. The summed E-state index contributed by atoms with van der Waals surface area (Å²) in [6, 6.07) is 15.1. The lowest BCUT2D eigenvalue weighted by molar-refractivity contribution is -0.113. The normalized spacial score (nSPS) is 11.1. The molecule has 0 aliphatic heterocycles. The first-order valence-electron chi connectivity index (χ1n) is 9.12. The zero-order valence-electron chi connectivity index (χ0n) is 15.6. The van der Waals surface area contributed by atoms with Gasteiger partial charge in [0.15, 0.2) is 5.82 Å². The van der Waals surface area contributed by atoms with Gasteiger partial charge in [-0.05, 0) is 42.8 Å². The van der Waals surface area contributed by atoms with E-state index in [1.165, 1.54) is 23.1 Å². The number of fused-ring (bicyclic) bond motifs is 1. The van der Waals surface area contributed by atoms with E-state index in [0.29, 0.717) is 10.8 Å². The third-order valence-electron chi connectivity index (χ3n) is 4.11. The number of halogens is 1. The molecule has 2 aromatic carbocycles. The fourth-order valence-corrected chi connectivity index (χ4v) is 4.44. The van der Waals surface area contributed by atoms with Gasteiger partial charge in [-0.2, -0.15) is 9.61 Å².